The first-order chi connectivity index (χ1) is 8.57. The highest BCUT2D eigenvalue weighted by Gasteiger charge is 2.46. The van der Waals surface area contributed by atoms with Crippen molar-refractivity contribution in [1.82, 2.24) is 9.97 Å². The number of nitrogens with one attached hydrogen (secondary N) is 1. The van der Waals surface area contributed by atoms with E-state index in [2.05, 4.69) is 29.1 Å². The van der Waals surface area contributed by atoms with Crippen molar-refractivity contribution in [1.29, 1.82) is 0 Å². The summed E-state index contributed by atoms with van der Waals surface area (Å²) in [6, 6.07) is 8.61. The van der Waals surface area contributed by atoms with Gasteiger partial charge >= 0.3 is 0 Å². The largest absolute Gasteiger partial charge is 0.351 e. The normalized spacial score (nSPS) is 25.7. The highest BCUT2D eigenvalue weighted by Crippen LogP contribution is 2.40. The quantitative estimate of drug-likeness (QED) is 0.847. The van der Waals surface area contributed by atoms with Crippen LogP contribution in [0, 0.1) is 5.41 Å². The maximum absolute atomic E-state index is 6.01. The molecule has 3 N–H and O–H groups in total. The lowest BCUT2D eigenvalue weighted by atomic mass is 9.63. The van der Waals surface area contributed by atoms with Gasteiger partial charge in [0.05, 0.1) is 5.52 Å². The molecular weight excluding hydrogens is 224 g/mol. The summed E-state index contributed by atoms with van der Waals surface area (Å²) in [6.45, 7) is 4.36. The standard InChI is InChI=1S/C14H18N4/c1-14(2)11(15)7-12(14)18-13-16-8-9-5-3-4-6-10(9)17-13/h3-6,8,11-12H,7,15H2,1-2H3,(H,16,17,18). The zero-order chi connectivity index (χ0) is 12.8. The number of nitrogens with zero attached hydrogens (tertiary/aromatic N) is 2. The minimum Gasteiger partial charge on any atom is -0.351 e. The Morgan fingerprint density at radius 2 is 2.11 bits per heavy atom. The molecule has 4 heteroatoms. The van der Waals surface area contributed by atoms with Crippen LogP contribution in [-0.2, 0) is 0 Å². The van der Waals surface area contributed by atoms with E-state index >= 15 is 0 Å². The number of hydrogen-bond acceptors (Lipinski definition) is 4. The molecule has 1 saturated carbocycles. The van der Waals surface area contributed by atoms with Crippen LogP contribution in [-0.4, -0.2) is 22.1 Å². The molecule has 1 aliphatic rings. The Hall–Kier alpha value is -1.68. The molecular formula is C14H18N4. The predicted octanol–water partition coefficient (Wildman–Crippen LogP) is 2.17. The van der Waals surface area contributed by atoms with E-state index in [1.165, 1.54) is 0 Å². The van der Waals surface area contributed by atoms with Gasteiger partial charge in [-0.1, -0.05) is 32.0 Å². The average molecular weight is 242 g/mol. The minimum absolute atomic E-state index is 0.106. The van der Waals surface area contributed by atoms with Gasteiger partial charge in [-0.05, 0) is 12.5 Å². The van der Waals surface area contributed by atoms with E-state index in [1.54, 1.807) is 0 Å². The first-order valence-electron chi connectivity index (χ1n) is 6.31. The Bertz CT molecular complexity index is 579. The van der Waals surface area contributed by atoms with Gasteiger partial charge in [0.25, 0.3) is 0 Å². The third-order valence-electron chi connectivity index (χ3n) is 4.14. The van der Waals surface area contributed by atoms with E-state index in [0.29, 0.717) is 12.0 Å². The smallest absolute Gasteiger partial charge is 0.223 e. The van der Waals surface area contributed by atoms with E-state index in [-0.39, 0.29) is 11.5 Å². The van der Waals surface area contributed by atoms with Crippen molar-refractivity contribution in [3.8, 4) is 0 Å². The molecule has 1 aromatic carbocycles. The monoisotopic (exact) mass is 242 g/mol. The van der Waals surface area contributed by atoms with Gasteiger partial charge in [-0.15, -0.1) is 0 Å². The second-order valence-corrected chi connectivity index (χ2v) is 5.61. The van der Waals surface area contributed by atoms with Crippen LogP contribution in [0.1, 0.15) is 20.3 Å². The minimum atomic E-state index is 0.106. The van der Waals surface area contributed by atoms with Gasteiger partial charge in [-0.2, -0.15) is 0 Å². The SMILES string of the molecule is CC1(C)C(N)CC1Nc1ncc2ccccc2n1. The first-order valence-corrected chi connectivity index (χ1v) is 6.31. The molecule has 0 radical (unpaired) electrons. The van der Waals surface area contributed by atoms with Crippen molar-refractivity contribution in [2.24, 2.45) is 11.1 Å². The van der Waals surface area contributed by atoms with Gasteiger partial charge in [0.2, 0.25) is 5.95 Å². The number of aromatic nitrogens is 2. The maximum atomic E-state index is 6.01. The number of para-hydroxylation sites is 1. The van der Waals surface area contributed by atoms with Crippen LogP contribution in [0.15, 0.2) is 30.5 Å². The van der Waals surface area contributed by atoms with E-state index in [1.807, 2.05) is 30.5 Å². The predicted molar refractivity (Wildman–Crippen MR) is 73.3 cm³/mol. The van der Waals surface area contributed by atoms with Gasteiger partial charge in [-0.3, -0.25) is 0 Å². The second kappa shape index (κ2) is 3.92. The molecule has 0 aliphatic heterocycles. The summed E-state index contributed by atoms with van der Waals surface area (Å²) in [7, 11) is 0. The Kier molecular flexibility index (Phi) is 2.48. The van der Waals surface area contributed by atoms with Gasteiger partial charge in [0, 0.05) is 29.1 Å². The van der Waals surface area contributed by atoms with Crippen LogP contribution < -0.4 is 11.1 Å². The van der Waals surface area contributed by atoms with Gasteiger partial charge in [0.1, 0.15) is 0 Å². The average Bonchev–Trinajstić information content (AvgIpc) is 2.38. The molecule has 0 saturated heterocycles. The van der Waals surface area contributed by atoms with E-state index in [9.17, 15) is 0 Å². The number of fused-ring (bicyclic) bond motifs is 1. The Balaban J connectivity index is 1.83. The van der Waals surface area contributed by atoms with Crippen LogP contribution >= 0.6 is 0 Å². The fourth-order valence-corrected chi connectivity index (χ4v) is 2.40. The van der Waals surface area contributed by atoms with Crippen molar-refractivity contribution in [3.05, 3.63) is 30.5 Å². The lowest BCUT2D eigenvalue weighted by molar-refractivity contribution is 0.116. The fraction of sp³-hybridized carbons (Fsp3) is 0.429. The fourth-order valence-electron chi connectivity index (χ4n) is 2.40. The molecule has 2 aromatic rings. The summed E-state index contributed by atoms with van der Waals surface area (Å²) in [5.74, 6) is 0.693. The van der Waals surface area contributed by atoms with Crippen molar-refractivity contribution in [3.63, 3.8) is 0 Å². The number of benzene rings is 1. The third kappa shape index (κ3) is 1.73. The summed E-state index contributed by atoms with van der Waals surface area (Å²) in [4.78, 5) is 8.88. The van der Waals surface area contributed by atoms with Gasteiger partial charge in [-0.25, -0.2) is 9.97 Å². The highest BCUT2D eigenvalue weighted by atomic mass is 15.1. The molecule has 1 fully saturated rings. The molecule has 0 amide bonds. The Labute approximate surface area is 107 Å². The summed E-state index contributed by atoms with van der Waals surface area (Å²) in [5, 5.41) is 4.45. The molecule has 0 spiro atoms. The highest BCUT2D eigenvalue weighted by molar-refractivity contribution is 5.78. The summed E-state index contributed by atoms with van der Waals surface area (Å²) in [6.07, 6.45) is 2.83. The second-order valence-electron chi connectivity index (χ2n) is 5.61. The number of hydrogen-bond donors (Lipinski definition) is 2. The van der Waals surface area contributed by atoms with Crippen molar-refractivity contribution in [2.45, 2.75) is 32.4 Å². The van der Waals surface area contributed by atoms with Crippen LogP contribution in [0.5, 0.6) is 0 Å². The van der Waals surface area contributed by atoms with Gasteiger partial charge < -0.3 is 11.1 Å². The van der Waals surface area contributed by atoms with Crippen molar-refractivity contribution < 1.29 is 0 Å². The maximum Gasteiger partial charge on any atom is 0.223 e. The van der Waals surface area contributed by atoms with Crippen LogP contribution in [0.4, 0.5) is 5.95 Å². The van der Waals surface area contributed by atoms with E-state index in [4.69, 9.17) is 5.73 Å². The molecule has 94 valence electrons. The Morgan fingerprint density at radius 3 is 2.83 bits per heavy atom. The van der Waals surface area contributed by atoms with Crippen LogP contribution in [0.3, 0.4) is 0 Å². The lowest BCUT2D eigenvalue weighted by Crippen LogP contribution is -2.61. The molecule has 3 rings (SSSR count). The number of rotatable bonds is 2. The van der Waals surface area contributed by atoms with Crippen LogP contribution in [0.2, 0.25) is 0 Å². The number of nitrogens with two attached hydrogens (primary N) is 1. The summed E-state index contributed by atoms with van der Waals surface area (Å²) >= 11 is 0. The van der Waals surface area contributed by atoms with E-state index < -0.39 is 0 Å². The Morgan fingerprint density at radius 1 is 1.33 bits per heavy atom. The third-order valence-corrected chi connectivity index (χ3v) is 4.14. The van der Waals surface area contributed by atoms with Gasteiger partial charge in [0.15, 0.2) is 0 Å². The lowest BCUT2D eigenvalue weighted by Gasteiger charge is -2.50. The topological polar surface area (TPSA) is 63.8 Å². The van der Waals surface area contributed by atoms with Crippen LogP contribution in [0.25, 0.3) is 10.9 Å². The van der Waals surface area contributed by atoms with Crippen molar-refractivity contribution in [2.75, 3.05) is 5.32 Å². The zero-order valence-corrected chi connectivity index (χ0v) is 10.7. The van der Waals surface area contributed by atoms with E-state index in [0.717, 1.165) is 17.3 Å². The van der Waals surface area contributed by atoms with Crippen molar-refractivity contribution >= 4 is 16.9 Å². The molecule has 2 atom stereocenters. The molecule has 18 heavy (non-hydrogen) atoms. The molecule has 1 heterocycles. The first kappa shape index (κ1) is 11.4. The zero-order valence-electron chi connectivity index (χ0n) is 10.7. The molecule has 1 aromatic heterocycles. The molecule has 0 bridgehead atoms. The summed E-state index contributed by atoms with van der Waals surface area (Å²) < 4.78 is 0. The molecule has 2 unspecified atom stereocenters. The summed E-state index contributed by atoms with van der Waals surface area (Å²) in [5.41, 5.74) is 7.09. The molecule has 1 aliphatic carbocycles. The number of anilines is 1. The molecule has 4 nitrogen and oxygen atoms in total.